The van der Waals surface area contributed by atoms with Crippen LogP contribution in [0, 0.1) is 11.8 Å². The standard InChI is InChI=1S/C19H38N4O3/c1-15(2)9-8-10-20-17(24)12-22(6)19(26)14-23(7)18(25)13-21(5)11-16(3)4/h15-16H,8-14H2,1-7H3,(H,20,24). The number of amides is 3. The number of carbonyl (C=O) groups is 3. The molecule has 0 aromatic rings. The topological polar surface area (TPSA) is 73.0 Å². The normalized spacial score (nSPS) is 11.2. The minimum Gasteiger partial charge on any atom is -0.355 e. The van der Waals surface area contributed by atoms with Gasteiger partial charge in [-0.1, -0.05) is 27.7 Å². The van der Waals surface area contributed by atoms with Crippen molar-refractivity contribution in [1.29, 1.82) is 0 Å². The number of hydrogen-bond donors (Lipinski definition) is 1. The molecular formula is C19H38N4O3. The molecule has 0 aliphatic carbocycles. The monoisotopic (exact) mass is 370 g/mol. The van der Waals surface area contributed by atoms with Crippen LogP contribution in [0.3, 0.4) is 0 Å². The molecule has 26 heavy (non-hydrogen) atoms. The highest BCUT2D eigenvalue weighted by Gasteiger charge is 2.19. The van der Waals surface area contributed by atoms with Gasteiger partial charge in [-0.2, -0.15) is 0 Å². The first-order valence-corrected chi connectivity index (χ1v) is 9.46. The first-order chi connectivity index (χ1) is 12.0. The van der Waals surface area contributed by atoms with E-state index in [-0.39, 0.29) is 37.4 Å². The van der Waals surface area contributed by atoms with Crippen LogP contribution in [0.25, 0.3) is 0 Å². The van der Waals surface area contributed by atoms with Crippen molar-refractivity contribution in [2.24, 2.45) is 11.8 Å². The maximum Gasteiger partial charge on any atom is 0.242 e. The van der Waals surface area contributed by atoms with Gasteiger partial charge in [0, 0.05) is 27.2 Å². The number of hydrogen-bond acceptors (Lipinski definition) is 4. The molecule has 7 nitrogen and oxygen atoms in total. The summed E-state index contributed by atoms with van der Waals surface area (Å²) in [5.74, 6) is 0.571. The minimum absolute atomic E-state index is 0.00972. The van der Waals surface area contributed by atoms with Gasteiger partial charge >= 0.3 is 0 Å². The predicted octanol–water partition coefficient (Wildman–Crippen LogP) is 1.04. The van der Waals surface area contributed by atoms with Crippen LogP contribution in [0.15, 0.2) is 0 Å². The molecule has 0 bridgehead atoms. The van der Waals surface area contributed by atoms with Crippen LogP contribution in [0.1, 0.15) is 40.5 Å². The summed E-state index contributed by atoms with van der Waals surface area (Å²) in [7, 11) is 5.09. The Morgan fingerprint density at radius 2 is 1.35 bits per heavy atom. The van der Waals surface area contributed by atoms with E-state index in [1.807, 2.05) is 11.9 Å². The summed E-state index contributed by atoms with van der Waals surface area (Å²) in [6.45, 7) is 10.2. The molecule has 0 spiro atoms. The number of nitrogens with zero attached hydrogens (tertiary/aromatic N) is 3. The van der Waals surface area contributed by atoms with Crippen molar-refractivity contribution in [3.05, 3.63) is 0 Å². The average Bonchev–Trinajstić information content (AvgIpc) is 2.50. The number of nitrogens with one attached hydrogen (secondary N) is 1. The van der Waals surface area contributed by atoms with Gasteiger partial charge in [-0.3, -0.25) is 19.3 Å². The zero-order valence-electron chi connectivity index (χ0n) is 17.7. The van der Waals surface area contributed by atoms with E-state index in [0.29, 0.717) is 18.4 Å². The molecule has 0 saturated carbocycles. The third-order valence-corrected chi connectivity index (χ3v) is 3.97. The lowest BCUT2D eigenvalue weighted by Gasteiger charge is -2.24. The summed E-state index contributed by atoms with van der Waals surface area (Å²) in [4.78, 5) is 41.0. The molecule has 0 saturated heterocycles. The van der Waals surface area contributed by atoms with Gasteiger partial charge in [-0.15, -0.1) is 0 Å². The van der Waals surface area contributed by atoms with E-state index in [1.165, 1.54) is 9.80 Å². The van der Waals surface area contributed by atoms with Crippen molar-refractivity contribution in [3.8, 4) is 0 Å². The van der Waals surface area contributed by atoms with Gasteiger partial charge < -0.3 is 15.1 Å². The van der Waals surface area contributed by atoms with Crippen LogP contribution in [0.4, 0.5) is 0 Å². The molecule has 0 aromatic carbocycles. The van der Waals surface area contributed by atoms with Gasteiger partial charge in [0.05, 0.1) is 19.6 Å². The van der Waals surface area contributed by atoms with Crippen molar-refractivity contribution < 1.29 is 14.4 Å². The van der Waals surface area contributed by atoms with Crippen LogP contribution in [-0.2, 0) is 14.4 Å². The lowest BCUT2D eigenvalue weighted by molar-refractivity contribution is -0.140. The second kappa shape index (κ2) is 12.7. The van der Waals surface area contributed by atoms with Crippen molar-refractivity contribution in [3.63, 3.8) is 0 Å². The summed E-state index contributed by atoms with van der Waals surface area (Å²) in [5, 5.41) is 2.82. The largest absolute Gasteiger partial charge is 0.355 e. The molecule has 0 aromatic heterocycles. The lowest BCUT2D eigenvalue weighted by atomic mass is 10.1. The summed E-state index contributed by atoms with van der Waals surface area (Å²) < 4.78 is 0. The van der Waals surface area contributed by atoms with Crippen LogP contribution >= 0.6 is 0 Å². The second-order valence-corrected chi connectivity index (χ2v) is 7.98. The lowest BCUT2D eigenvalue weighted by Crippen LogP contribution is -2.45. The first-order valence-electron chi connectivity index (χ1n) is 9.46. The number of rotatable bonds is 12. The summed E-state index contributed by atoms with van der Waals surface area (Å²) >= 11 is 0. The highest BCUT2D eigenvalue weighted by Crippen LogP contribution is 2.01. The molecule has 0 heterocycles. The molecule has 0 aliphatic heterocycles. The van der Waals surface area contributed by atoms with Gasteiger partial charge in [0.15, 0.2) is 0 Å². The second-order valence-electron chi connectivity index (χ2n) is 7.98. The van der Waals surface area contributed by atoms with E-state index < -0.39 is 0 Å². The highest BCUT2D eigenvalue weighted by atomic mass is 16.2. The Morgan fingerprint density at radius 3 is 1.88 bits per heavy atom. The molecule has 0 unspecified atom stereocenters. The van der Waals surface area contributed by atoms with Crippen molar-refractivity contribution in [2.45, 2.75) is 40.5 Å². The Balaban J connectivity index is 4.19. The zero-order chi connectivity index (χ0) is 20.3. The summed E-state index contributed by atoms with van der Waals surface area (Å²) in [5.41, 5.74) is 0. The third kappa shape index (κ3) is 11.8. The molecule has 0 aliphatic rings. The molecule has 0 rings (SSSR count). The van der Waals surface area contributed by atoms with Crippen LogP contribution in [-0.4, -0.2) is 86.3 Å². The molecule has 3 amide bonds. The van der Waals surface area contributed by atoms with Crippen LogP contribution < -0.4 is 5.32 Å². The molecule has 0 radical (unpaired) electrons. The summed E-state index contributed by atoms with van der Waals surface area (Å²) in [6.07, 6.45) is 2.00. The Bertz CT molecular complexity index is 452. The number of carbonyl (C=O) groups excluding carboxylic acids is 3. The molecule has 152 valence electrons. The molecule has 0 atom stereocenters. The average molecular weight is 371 g/mol. The van der Waals surface area contributed by atoms with Crippen molar-refractivity contribution >= 4 is 17.7 Å². The fourth-order valence-electron chi connectivity index (χ4n) is 2.55. The fraction of sp³-hybridized carbons (Fsp3) is 0.842. The fourth-order valence-corrected chi connectivity index (χ4v) is 2.55. The quantitative estimate of drug-likeness (QED) is 0.521. The number of likely N-dealkylation sites (N-methyl/N-ethyl adjacent to an activating group) is 3. The first kappa shape index (κ1) is 24.4. The summed E-state index contributed by atoms with van der Waals surface area (Å²) in [6, 6.07) is 0. The van der Waals surface area contributed by atoms with Gasteiger partial charge in [0.2, 0.25) is 17.7 Å². The Labute approximate surface area is 159 Å². The van der Waals surface area contributed by atoms with E-state index in [4.69, 9.17) is 0 Å². The van der Waals surface area contributed by atoms with E-state index in [0.717, 1.165) is 19.4 Å². The minimum atomic E-state index is -0.246. The maximum atomic E-state index is 12.2. The Hall–Kier alpha value is -1.63. The Kier molecular flexibility index (Phi) is 11.9. The van der Waals surface area contributed by atoms with Gasteiger partial charge in [-0.25, -0.2) is 0 Å². The van der Waals surface area contributed by atoms with Crippen LogP contribution in [0.2, 0.25) is 0 Å². The predicted molar refractivity (Wildman–Crippen MR) is 105 cm³/mol. The molecule has 0 fully saturated rings. The molecular weight excluding hydrogens is 332 g/mol. The molecule has 1 N–H and O–H groups in total. The SMILES string of the molecule is CC(C)CCCNC(=O)CN(C)C(=O)CN(C)C(=O)CN(C)CC(C)C. The van der Waals surface area contributed by atoms with Gasteiger partial charge in [0.1, 0.15) is 0 Å². The van der Waals surface area contributed by atoms with Gasteiger partial charge in [-0.05, 0) is 31.7 Å². The maximum absolute atomic E-state index is 12.2. The van der Waals surface area contributed by atoms with Crippen molar-refractivity contribution in [2.75, 3.05) is 53.9 Å². The van der Waals surface area contributed by atoms with Gasteiger partial charge in [0.25, 0.3) is 0 Å². The van der Waals surface area contributed by atoms with E-state index in [9.17, 15) is 14.4 Å². The van der Waals surface area contributed by atoms with Crippen molar-refractivity contribution in [1.82, 2.24) is 20.0 Å². The Morgan fingerprint density at radius 1 is 0.808 bits per heavy atom. The van der Waals surface area contributed by atoms with Crippen LogP contribution in [0.5, 0.6) is 0 Å². The van der Waals surface area contributed by atoms with E-state index >= 15 is 0 Å². The smallest absolute Gasteiger partial charge is 0.242 e. The molecule has 7 heteroatoms. The van der Waals surface area contributed by atoms with E-state index in [1.54, 1.807) is 14.1 Å². The highest BCUT2D eigenvalue weighted by molar-refractivity contribution is 5.88. The zero-order valence-corrected chi connectivity index (χ0v) is 17.7. The van der Waals surface area contributed by atoms with E-state index in [2.05, 4.69) is 33.0 Å². The third-order valence-electron chi connectivity index (χ3n) is 3.97.